The molecular formula is C21H30NO7PS2. The smallest absolute Gasteiger partial charge is 0.333 e. The van der Waals surface area contributed by atoms with E-state index in [-0.39, 0.29) is 37.0 Å². The van der Waals surface area contributed by atoms with Crippen LogP contribution in [0.15, 0.2) is 30.3 Å². The molecule has 0 bridgehead atoms. The Morgan fingerprint density at radius 2 is 1.91 bits per heavy atom. The van der Waals surface area contributed by atoms with E-state index in [9.17, 15) is 9.59 Å². The van der Waals surface area contributed by atoms with E-state index in [1.807, 2.05) is 44.2 Å². The van der Waals surface area contributed by atoms with Gasteiger partial charge < -0.3 is 23.8 Å². The van der Waals surface area contributed by atoms with Crippen LogP contribution in [0.2, 0.25) is 0 Å². The molecule has 1 aromatic carbocycles. The lowest BCUT2D eigenvalue weighted by molar-refractivity contribution is -0.142. The maximum Gasteiger partial charge on any atom is 0.333 e. The van der Waals surface area contributed by atoms with Gasteiger partial charge in [-0.2, -0.15) is 0 Å². The van der Waals surface area contributed by atoms with E-state index in [4.69, 9.17) is 18.3 Å². The molecule has 1 amide bonds. The van der Waals surface area contributed by atoms with Crippen molar-refractivity contribution in [1.29, 1.82) is 0 Å². The van der Waals surface area contributed by atoms with Crippen molar-refractivity contribution >= 4 is 42.1 Å². The second-order valence-electron chi connectivity index (χ2n) is 8.14. The predicted octanol–water partition coefficient (Wildman–Crippen LogP) is 3.70. The van der Waals surface area contributed by atoms with Gasteiger partial charge in [-0.25, -0.2) is 0 Å². The van der Waals surface area contributed by atoms with Crippen LogP contribution in [-0.2, 0) is 39.2 Å². The Bertz CT molecular complexity index is 755. The van der Waals surface area contributed by atoms with E-state index < -0.39 is 20.1 Å². The summed E-state index contributed by atoms with van der Waals surface area (Å²) in [6.45, 7) is 4.84. The maximum absolute atomic E-state index is 12.7. The lowest BCUT2D eigenvalue weighted by Gasteiger charge is -2.41. The van der Waals surface area contributed by atoms with Crippen molar-refractivity contribution in [2.45, 2.75) is 45.2 Å². The number of esters is 1. The Hall–Kier alpha value is -0.870. The molecule has 11 heteroatoms. The van der Waals surface area contributed by atoms with Crippen LogP contribution >= 0.6 is 30.2 Å². The fraction of sp³-hybridized carbons (Fsp3) is 0.619. The molecule has 8 nitrogen and oxygen atoms in total. The summed E-state index contributed by atoms with van der Waals surface area (Å²) in [6.07, 6.45) is -0.929. The third kappa shape index (κ3) is 7.58. The highest BCUT2D eigenvalue weighted by Crippen LogP contribution is 2.52. The van der Waals surface area contributed by atoms with Crippen molar-refractivity contribution in [1.82, 2.24) is 5.32 Å². The van der Waals surface area contributed by atoms with Gasteiger partial charge in [0.2, 0.25) is 5.91 Å². The number of rotatable bonds is 9. The van der Waals surface area contributed by atoms with E-state index in [1.165, 1.54) is 7.11 Å². The van der Waals surface area contributed by atoms with Crippen molar-refractivity contribution < 1.29 is 32.6 Å². The molecule has 4 atom stereocenters. The number of amides is 1. The average molecular weight is 504 g/mol. The zero-order valence-electron chi connectivity index (χ0n) is 18.5. The molecule has 32 heavy (non-hydrogen) atoms. The van der Waals surface area contributed by atoms with Gasteiger partial charge in [-0.3, -0.25) is 14.1 Å². The number of carbonyl (C=O) groups is 2. The second-order valence-corrected chi connectivity index (χ2v) is 11.8. The number of hydrogen-bond donors (Lipinski definition) is 1. The molecule has 3 rings (SSSR count). The number of methoxy groups -OCH3 is 1. The number of carbonyl (C=O) groups excluding carboxylic acids is 2. The lowest BCUT2D eigenvalue weighted by Crippen LogP contribution is -2.50. The van der Waals surface area contributed by atoms with Gasteiger partial charge >= 0.3 is 14.6 Å². The van der Waals surface area contributed by atoms with E-state index in [1.54, 1.807) is 21.6 Å². The Balaban J connectivity index is 1.54. The van der Waals surface area contributed by atoms with Crippen LogP contribution in [0.5, 0.6) is 0 Å². The first-order valence-electron chi connectivity index (χ1n) is 10.4. The standard InChI is InChI=1S/C21H30NO7PS2/c1-21(2)14-27-30(29-19(21)20(24)22-10-9-18(23)25-3)28-17-13-32-31-12-16(17)26-11-15-7-5-4-6-8-15/h4-8,16-17,19H,9-14H2,1-3H3,(H,22,24)/t16-,17-,19-,30?/m0/s1. The fourth-order valence-corrected chi connectivity index (χ4v) is 7.21. The highest BCUT2D eigenvalue weighted by Gasteiger charge is 2.45. The molecule has 1 aromatic rings. The zero-order valence-corrected chi connectivity index (χ0v) is 21.0. The quantitative estimate of drug-likeness (QED) is 0.308. The van der Waals surface area contributed by atoms with Gasteiger partial charge in [0.1, 0.15) is 6.10 Å². The Labute approximate surface area is 198 Å². The van der Waals surface area contributed by atoms with E-state index in [0.29, 0.717) is 13.2 Å². The molecule has 178 valence electrons. The molecular weight excluding hydrogens is 473 g/mol. The van der Waals surface area contributed by atoms with Gasteiger partial charge in [0, 0.05) is 23.5 Å². The first-order valence-corrected chi connectivity index (χ1v) is 14.0. The van der Waals surface area contributed by atoms with Gasteiger partial charge in [-0.1, -0.05) is 65.8 Å². The highest BCUT2D eigenvalue weighted by molar-refractivity contribution is 8.76. The summed E-state index contributed by atoms with van der Waals surface area (Å²) >= 11 is 0. The zero-order chi connectivity index (χ0) is 23.0. The normalized spacial score (nSPS) is 27.5. The summed E-state index contributed by atoms with van der Waals surface area (Å²) in [5.74, 6) is 0.879. The van der Waals surface area contributed by atoms with Crippen molar-refractivity contribution in [2.75, 3.05) is 31.8 Å². The van der Waals surface area contributed by atoms with Crippen LogP contribution in [0.3, 0.4) is 0 Å². The highest BCUT2D eigenvalue weighted by atomic mass is 33.1. The number of ether oxygens (including phenoxy) is 2. The summed E-state index contributed by atoms with van der Waals surface area (Å²) < 4.78 is 28.7. The second kappa shape index (κ2) is 12.6. The summed E-state index contributed by atoms with van der Waals surface area (Å²) in [4.78, 5) is 24.0. The molecule has 1 N–H and O–H groups in total. The molecule has 0 spiro atoms. The van der Waals surface area contributed by atoms with Crippen LogP contribution in [-0.4, -0.2) is 62.0 Å². The number of hydrogen-bond acceptors (Lipinski definition) is 9. The van der Waals surface area contributed by atoms with Gasteiger partial charge in [-0.05, 0) is 5.56 Å². The van der Waals surface area contributed by atoms with Crippen molar-refractivity contribution in [3.8, 4) is 0 Å². The maximum atomic E-state index is 12.7. The van der Waals surface area contributed by atoms with Gasteiger partial charge in [0.05, 0.1) is 32.8 Å². The predicted molar refractivity (Wildman–Crippen MR) is 126 cm³/mol. The Morgan fingerprint density at radius 3 is 2.62 bits per heavy atom. The van der Waals surface area contributed by atoms with Crippen LogP contribution in [0, 0.1) is 5.41 Å². The van der Waals surface area contributed by atoms with Crippen LogP contribution < -0.4 is 5.32 Å². The molecule has 2 aliphatic heterocycles. The van der Waals surface area contributed by atoms with Gasteiger partial charge in [0.25, 0.3) is 0 Å². The number of benzene rings is 1. The largest absolute Gasteiger partial charge is 0.469 e. The third-order valence-electron chi connectivity index (χ3n) is 5.03. The number of nitrogens with one attached hydrogen (secondary N) is 1. The van der Waals surface area contributed by atoms with Crippen molar-refractivity contribution in [3.63, 3.8) is 0 Å². The molecule has 2 heterocycles. The monoisotopic (exact) mass is 503 g/mol. The van der Waals surface area contributed by atoms with Crippen molar-refractivity contribution in [2.24, 2.45) is 5.41 Å². The van der Waals surface area contributed by atoms with Gasteiger partial charge in [0.15, 0.2) is 6.10 Å². The Morgan fingerprint density at radius 1 is 1.19 bits per heavy atom. The van der Waals surface area contributed by atoms with Gasteiger partial charge in [-0.15, -0.1) is 0 Å². The first-order chi connectivity index (χ1) is 15.4. The molecule has 0 radical (unpaired) electrons. The Kier molecular flexibility index (Phi) is 10.1. The van der Waals surface area contributed by atoms with Crippen LogP contribution in [0.1, 0.15) is 25.8 Å². The minimum absolute atomic E-state index is 0.0987. The van der Waals surface area contributed by atoms with Crippen molar-refractivity contribution in [3.05, 3.63) is 35.9 Å². The topological polar surface area (TPSA) is 92.3 Å². The van der Waals surface area contributed by atoms with E-state index in [0.717, 1.165) is 17.1 Å². The minimum Gasteiger partial charge on any atom is -0.469 e. The first kappa shape index (κ1) is 25.7. The molecule has 0 aromatic heterocycles. The van der Waals surface area contributed by atoms with Crippen LogP contribution in [0.25, 0.3) is 0 Å². The molecule has 0 aliphatic carbocycles. The van der Waals surface area contributed by atoms with E-state index in [2.05, 4.69) is 10.1 Å². The van der Waals surface area contributed by atoms with Crippen LogP contribution in [0.4, 0.5) is 0 Å². The summed E-state index contributed by atoms with van der Waals surface area (Å²) in [5.41, 5.74) is 0.577. The molecule has 2 fully saturated rings. The molecule has 0 saturated carbocycles. The third-order valence-corrected chi connectivity index (χ3v) is 8.61. The molecule has 2 saturated heterocycles. The lowest BCUT2D eigenvalue weighted by atomic mass is 9.87. The summed E-state index contributed by atoms with van der Waals surface area (Å²) in [6, 6.07) is 10.0. The van der Waals surface area contributed by atoms with E-state index >= 15 is 0 Å². The SMILES string of the molecule is COC(=O)CCNC(=O)[C@@H]1OP(O[C@H]2CSSC[C@@H]2OCc2ccccc2)OCC1(C)C. The fourth-order valence-electron chi connectivity index (χ4n) is 3.08. The average Bonchev–Trinajstić information content (AvgIpc) is 2.80. The minimum atomic E-state index is -1.70. The summed E-state index contributed by atoms with van der Waals surface area (Å²) in [5, 5.41) is 2.75. The molecule has 2 aliphatic rings. The summed E-state index contributed by atoms with van der Waals surface area (Å²) in [7, 11) is 3.10. The molecule has 1 unspecified atom stereocenters.